The summed E-state index contributed by atoms with van der Waals surface area (Å²) in [7, 11) is 2.02. The van der Waals surface area contributed by atoms with Crippen molar-refractivity contribution in [1.82, 2.24) is 15.0 Å². The second kappa shape index (κ2) is 7.20. The molecule has 0 radical (unpaired) electrons. The molecule has 0 aliphatic carbocycles. The number of halogens is 1. The van der Waals surface area contributed by atoms with Gasteiger partial charge in [-0.1, -0.05) is 18.5 Å². The molecule has 0 fully saturated rings. The predicted octanol–water partition coefficient (Wildman–Crippen LogP) is 3.16. The molecule has 0 unspecified atom stereocenters. The van der Waals surface area contributed by atoms with Gasteiger partial charge in [0.2, 0.25) is 0 Å². The van der Waals surface area contributed by atoms with Gasteiger partial charge in [0.15, 0.2) is 0 Å². The van der Waals surface area contributed by atoms with Crippen molar-refractivity contribution in [1.29, 1.82) is 0 Å². The average molecular weight is 291 g/mol. The average Bonchev–Trinajstić information content (AvgIpc) is 2.45. The summed E-state index contributed by atoms with van der Waals surface area (Å²) in [5.41, 5.74) is 1.26. The lowest BCUT2D eigenvalue weighted by atomic mass is 10.2. The number of rotatable bonds is 6. The molecule has 0 atom stereocenters. The summed E-state index contributed by atoms with van der Waals surface area (Å²) in [6.07, 6.45) is 6.45. The lowest BCUT2D eigenvalue weighted by Crippen LogP contribution is -2.22. The molecule has 0 saturated carbocycles. The third-order valence-electron chi connectivity index (χ3n) is 3.08. The van der Waals surface area contributed by atoms with Gasteiger partial charge in [-0.05, 0) is 30.5 Å². The Morgan fingerprint density at radius 2 is 1.90 bits per heavy atom. The highest BCUT2D eigenvalue weighted by atomic mass is 35.5. The number of hydrogen-bond donors (Lipinski definition) is 0. The molecule has 2 aromatic heterocycles. The van der Waals surface area contributed by atoms with E-state index in [9.17, 15) is 0 Å². The van der Waals surface area contributed by atoms with Gasteiger partial charge in [-0.25, -0.2) is 9.97 Å². The maximum Gasteiger partial charge on any atom is 0.134 e. The van der Waals surface area contributed by atoms with E-state index in [2.05, 4.69) is 26.8 Å². The van der Waals surface area contributed by atoms with E-state index >= 15 is 0 Å². The summed E-state index contributed by atoms with van der Waals surface area (Å²) >= 11 is 6.06. The molecule has 0 saturated heterocycles. The standard InChI is InChI=1S/C15H19ClN4/c1-3-4-14-18-13(16)11-15(19-14)20(2)10-7-12-5-8-17-9-6-12/h5-6,8-9,11H,3-4,7,10H2,1-2H3. The van der Waals surface area contributed by atoms with Crippen LogP contribution in [0.3, 0.4) is 0 Å². The summed E-state index contributed by atoms with van der Waals surface area (Å²) in [6, 6.07) is 5.87. The van der Waals surface area contributed by atoms with E-state index in [-0.39, 0.29) is 0 Å². The van der Waals surface area contributed by atoms with Crippen LogP contribution in [0, 0.1) is 0 Å². The number of anilines is 1. The topological polar surface area (TPSA) is 41.9 Å². The minimum absolute atomic E-state index is 0.509. The lowest BCUT2D eigenvalue weighted by molar-refractivity contribution is 0.805. The van der Waals surface area contributed by atoms with Gasteiger partial charge in [0.1, 0.15) is 16.8 Å². The van der Waals surface area contributed by atoms with Crippen LogP contribution in [0.5, 0.6) is 0 Å². The summed E-state index contributed by atoms with van der Waals surface area (Å²) in [6.45, 7) is 2.99. The Morgan fingerprint density at radius 1 is 1.15 bits per heavy atom. The molecule has 0 aliphatic heterocycles. The molecule has 5 heteroatoms. The molecule has 0 aliphatic rings. The fraction of sp³-hybridized carbons (Fsp3) is 0.400. The van der Waals surface area contributed by atoms with Crippen molar-refractivity contribution in [2.75, 3.05) is 18.5 Å². The molecule has 0 aromatic carbocycles. The fourth-order valence-electron chi connectivity index (χ4n) is 1.94. The van der Waals surface area contributed by atoms with Gasteiger partial charge < -0.3 is 4.90 Å². The van der Waals surface area contributed by atoms with Crippen LogP contribution in [0.4, 0.5) is 5.82 Å². The fourth-order valence-corrected chi connectivity index (χ4v) is 2.14. The van der Waals surface area contributed by atoms with E-state index in [1.807, 2.05) is 37.6 Å². The van der Waals surface area contributed by atoms with Crippen LogP contribution in [0.25, 0.3) is 0 Å². The molecular weight excluding hydrogens is 272 g/mol. The van der Waals surface area contributed by atoms with Crippen molar-refractivity contribution in [2.24, 2.45) is 0 Å². The van der Waals surface area contributed by atoms with Crippen LogP contribution in [-0.2, 0) is 12.8 Å². The van der Waals surface area contributed by atoms with Crippen LogP contribution >= 0.6 is 11.6 Å². The van der Waals surface area contributed by atoms with Gasteiger partial charge in [0.05, 0.1) is 0 Å². The molecule has 0 amide bonds. The van der Waals surface area contributed by atoms with Crippen LogP contribution in [-0.4, -0.2) is 28.5 Å². The molecule has 0 spiro atoms. The summed E-state index contributed by atoms with van der Waals surface area (Å²) in [4.78, 5) is 14.9. The molecule has 4 nitrogen and oxygen atoms in total. The number of hydrogen-bond acceptors (Lipinski definition) is 4. The minimum atomic E-state index is 0.509. The first-order valence-electron chi connectivity index (χ1n) is 6.82. The number of nitrogens with zero attached hydrogens (tertiary/aromatic N) is 4. The zero-order chi connectivity index (χ0) is 14.4. The highest BCUT2D eigenvalue weighted by molar-refractivity contribution is 6.29. The molecular formula is C15H19ClN4. The van der Waals surface area contributed by atoms with E-state index in [1.54, 1.807) is 0 Å². The number of pyridine rings is 1. The molecule has 0 N–H and O–H groups in total. The zero-order valence-corrected chi connectivity index (χ0v) is 12.6. The summed E-state index contributed by atoms with van der Waals surface area (Å²) < 4.78 is 0. The van der Waals surface area contributed by atoms with E-state index in [4.69, 9.17) is 11.6 Å². The molecule has 2 aromatic rings. The second-order valence-electron chi connectivity index (χ2n) is 4.74. The van der Waals surface area contributed by atoms with Gasteiger partial charge in [0, 0.05) is 38.5 Å². The van der Waals surface area contributed by atoms with Crippen LogP contribution in [0.15, 0.2) is 30.6 Å². The molecule has 20 heavy (non-hydrogen) atoms. The maximum atomic E-state index is 6.06. The largest absolute Gasteiger partial charge is 0.359 e. The first-order valence-corrected chi connectivity index (χ1v) is 7.20. The van der Waals surface area contributed by atoms with Crippen molar-refractivity contribution >= 4 is 17.4 Å². The zero-order valence-electron chi connectivity index (χ0n) is 11.9. The number of aryl methyl sites for hydroxylation is 1. The van der Waals surface area contributed by atoms with Crippen molar-refractivity contribution < 1.29 is 0 Å². The highest BCUT2D eigenvalue weighted by Gasteiger charge is 2.07. The Labute approximate surface area is 124 Å². The first-order chi connectivity index (χ1) is 9.69. The quantitative estimate of drug-likeness (QED) is 0.767. The summed E-state index contributed by atoms with van der Waals surface area (Å²) in [5, 5.41) is 0.509. The van der Waals surface area contributed by atoms with Crippen molar-refractivity contribution in [2.45, 2.75) is 26.2 Å². The molecule has 2 heterocycles. The molecule has 2 rings (SSSR count). The van der Waals surface area contributed by atoms with E-state index in [1.165, 1.54) is 5.56 Å². The minimum Gasteiger partial charge on any atom is -0.359 e. The van der Waals surface area contributed by atoms with Gasteiger partial charge in [-0.2, -0.15) is 0 Å². The smallest absolute Gasteiger partial charge is 0.134 e. The van der Waals surface area contributed by atoms with Crippen molar-refractivity contribution in [3.8, 4) is 0 Å². The normalized spacial score (nSPS) is 10.6. The van der Waals surface area contributed by atoms with E-state index in [0.717, 1.165) is 37.4 Å². The molecule has 0 bridgehead atoms. The third kappa shape index (κ3) is 4.17. The Morgan fingerprint density at radius 3 is 2.60 bits per heavy atom. The van der Waals surface area contributed by atoms with Gasteiger partial charge in [-0.3, -0.25) is 4.98 Å². The van der Waals surface area contributed by atoms with Crippen LogP contribution in [0.1, 0.15) is 24.7 Å². The van der Waals surface area contributed by atoms with E-state index < -0.39 is 0 Å². The van der Waals surface area contributed by atoms with Crippen LogP contribution in [0.2, 0.25) is 5.15 Å². The van der Waals surface area contributed by atoms with Gasteiger partial charge >= 0.3 is 0 Å². The van der Waals surface area contributed by atoms with Crippen molar-refractivity contribution in [3.63, 3.8) is 0 Å². The predicted molar refractivity (Wildman–Crippen MR) is 82.2 cm³/mol. The second-order valence-corrected chi connectivity index (χ2v) is 5.13. The van der Waals surface area contributed by atoms with Crippen molar-refractivity contribution in [3.05, 3.63) is 47.1 Å². The Kier molecular flexibility index (Phi) is 5.30. The third-order valence-corrected chi connectivity index (χ3v) is 3.27. The number of likely N-dealkylation sites (N-methyl/N-ethyl adjacent to an activating group) is 1. The Bertz CT molecular complexity index is 545. The highest BCUT2D eigenvalue weighted by Crippen LogP contribution is 2.16. The Hall–Kier alpha value is -1.68. The maximum absolute atomic E-state index is 6.06. The van der Waals surface area contributed by atoms with Crippen LogP contribution < -0.4 is 4.90 Å². The number of aromatic nitrogens is 3. The van der Waals surface area contributed by atoms with Gasteiger partial charge in [0.25, 0.3) is 0 Å². The molecule has 106 valence electrons. The van der Waals surface area contributed by atoms with E-state index in [0.29, 0.717) is 5.15 Å². The SMILES string of the molecule is CCCc1nc(Cl)cc(N(C)CCc2ccncc2)n1. The van der Waals surface area contributed by atoms with Gasteiger partial charge in [-0.15, -0.1) is 0 Å². The first kappa shape index (κ1) is 14.7. The lowest BCUT2D eigenvalue weighted by Gasteiger charge is -2.18. The monoisotopic (exact) mass is 290 g/mol. The summed E-state index contributed by atoms with van der Waals surface area (Å²) in [5.74, 6) is 1.69. The Balaban J connectivity index is 2.03.